The number of hydrogen-bond acceptors (Lipinski definition) is 4. The first-order chi connectivity index (χ1) is 5.68. The topological polar surface area (TPSA) is 62.2 Å². The lowest BCUT2D eigenvalue weighted by Gasteiger charge is -2.04. The Morgan fingerprint density at radius 1 is 1.67 bits per heavy atom. The molecule has 0 saturated heterocycles. The maximum atomic E-state index is 9.95. The highest BCUT2D eigenvalue weighted by Crippen LogP contribution is 2.10. The zero-order chi connectivity index (χ0) is 8.97. The molecule has 5 heteroatoms. The lowest BCUT2D eigenvalue weighted by molar-refractivity contribution is -0.307. The van der Waals surface area contributed by atoms with E-state index >= 15 is 0 Å². The van der Waals surface area contributed by atoms with Gasteiger partial charge in [-0.05, 0) is 6.07 Å². The molecule has 0 amide bonds. The number of carboxylic acid groups (broad SMARTS) is 1. The first kappa shape index (κ1) is 8.80. The van der Waals surface area contributed by atoms with Gasteiger partial charge in [0.1, 0.15) is 6.61 Å². The number of nitrogens with zero attached hydrogens (tertiary/aromatic N) is 1. The Balaban J connectivity index is 2.53. The van der Waals surface area contributed by atoms with Gasteiger partial charge in [-0.1, -0.05) is 11.6 Å². The number of halogens is 1. The van der Waals surface area contributed by atoms with Crippen molar-refractivity contribution in [3.63, 3.8) is 0 Å². The van der Waals surface area contributed by atoms with Crippen LogP contribution in [-0.2, 0) is 4.79 Å². The molecule has 0 spiro atoms. The normalized spacial score (nSPS) is 9.42. The Bertz CT molecular complexity index is 272. The van der Waals surface area contributed by atoms with Crippen LogP contribution < -0.4 is 9.84 Å². The predicted molar refractivity (Wildman–Crippen MR) is 39.7 cm³/mol. The number of rotatable bonds is 3. The van der Waals surface area contributed by atoms with Gasteiger partial charge in [-0.2, -0.15) is 0 Å². The summed E-state index contributed by atoms with van der Waals surface area (Å²) in [6.07, 6.45) is 1.37. The summed E-state index contributed by atoms with van der Waals surface area (Å²) in [5.74, 6) is -1.07. The van der Waals surface area contributed by atoms with Crippen LogP contribution in [0.25, 0.3) is 0 Å². The predicted octanol–water partition coefficient (Wildman–Crippen LogP) is -0.136. The van der Waals surface area contributed by atoms with E-state index in [1.54, 1.807) is 6.07 Å². The summed E-state index contributed by atoms with van der Waals surface area (Å²) in [6, 6.07) is 3.03. The lowest BCUT2D eigenvalue weighted by atomic mass is 10.5. The fourth-order valence-electron chi connectivity index (χ4n) is 0.580. The van der Waals surface area contributed by atoms with Gasteiger partial charge in [0, 0.05) is 12.3 Å². The van der Waals surface area contributed by atoms with Gasteiger partial charge in [0.2, 0.25) is 5.88 Å². The minimum absolute atomic E-state index is 0.212. The van der Waals surface area contributed by atoms with Gasteiger partial charge in [-0.3, -0.25) is 0 Å². The number of carbonyl (C=O) groups is 1. The third kappa shape index (κ3) is 2.75. The van der Waals surface area contributed by atoms with Crippen LogP contribution in [0.5, 0.6) is 5.88 Å². The summed E-state index contributed by atoms with van der Waals surface area (Å²) in [5.41, 5.74) is 0. The molecule has 1 aromatic rings. The van der Waals surface area contributed by atoms with Crippen LogP contribution in [0, 0.1) is 0 Å². The van der Waals surface area contributed by atoms with E-state index in [4.69, 9.17) is 16.3 Å². The highest BCUT2D eigenvalue weighted by atomic mass is 35.5. The van der Waals surface area contributed by atoms with Crippen LogP contribution in [0.1, 0.15) is 0 Å². The van der Waals surface area contributed by atoms with Crippen molar-refractivity contribution in [2.24, 2.45) is 0 Å². The summed E-state index contributed by atoms with van der Waals surface area (Å²) in [6.45, 7) is -0.505. The van der Waals surface area contributed by atoms with E-state index in [1.165, 1.54) is 12.3 Å². The van der Waals surface area contributed by atoms with Crippen LogP contribution in [0.2, 0.25) is 5.02 Å². The molecule has 64 valence electrons. The summed E-state index contributed by atoms with van der Waals surface area (Å²) in [4.78, 5) is 13.7. The van der Waals surface area contributed by atoms with Crippen molar-refractivity contribution in [3.05, 3.63) is 23.4 Å². The number of hydrogen-bond donors (Lipinski definition) is 0. The van der Waals surface area contributed by atoms with Crippen LogP contribution in [-0.4, -0.2) is 17.6 Å². The first-order valence-electron chi connectivity index (χ1n) is 3.12. The highest BCUT2D eigenvalue weighted by molar-refractivity contribution is 6.30. The summed E-state index contributed by atoms with van der Waals surface area (Å²) >= 11 is 5.53. The Labute approximate surface area is 73.8 Å². The number of ether oxygens (including phenoxy) is 1. The van der Waals surface area contributed by atoms with Gasteiger partial charge in [0.25, 0.3) is 0 Å². The summed E-state index contributed by atoms with van der Waals surface area (Å²) in [7, 11) is 0. The molecule has 0 unspecified atom stereocenters. The van der Waals surface area contributed by atoms with Crippen LogP contribution in [0.3, 0.4) is 0 Å². The molecule has 1 heterocycles. The van der Waals surface area contributed by atoms with Crippen molar-refractivity contribution in [3.8, 4) is 5.88 Å². The molecule has 0 bridgehead atoms. The average Bonchev–Trinajstić information content (AvgIpc) is 2.03. The SMILES string of the molecule is O=C([O-])COc1ccc(Cl)cn1. The van der Waals surface area contributed by atoms with Crippen molar-refractivity contribution >= 4 is 17.6 Å². The largest absolute Gasteiger partial charge is 0.546 e. The Morgan fingerprint density at radius 3 is 2.92 bits per heavy atom. The molecule has 12 heavy (non-hydrogen) atoms. The molecule has 0 saturated carbocycles. The van der Waals surface area contributed by atoms with E-state index in [2.05, 4.69) is 4.98 Å². The molecule has 0 aliphatic carbocycles. The molecule has 0 aromatic carbocycles. The van der Waals surface area contributed by atoms with Crippen molar-refractivity contribution in [1.82, 2.24) is 4.98 Å². The number of carbonyl (C=O) groups excluding carboxylic acids is 1. The number of carboxylic acids is 1. The van der Waals surface area contributed by atoms with Crippen molar-refractivity contribution in [2.75, 3.05) is 6.61 Å². The zero-order valence-electron chi connectivity index (χ0n) is 5.99. The zero-order valence-corrected chi connectivity index (χ0v) is 6.75. The second kappa shape index (κ2) is 3.92. The standard InChI is InChI=1S/C7H6ClNO3/c8-5-1-2-6(9-3-5)12-4-7(10)11/h1-3H,4H2,(H,10,11)/p-1. The van der Waals surface area contributed by atoms with Gasteiger partial charge in [-0.15, -0.1) is 0 Å². The van der Waals surface area contributed by atoms with E-state index in [1.807, 2.05) is 0 Å². The first-order valence-corrected chi connectivity index (χ1v) is 3.50. The van der Waals surface area contributed by atoms with E-state index in [-0.39, 0.29) is 5.88 Å². The lowest BCUT2D eigenvalue weighted by Crippen LogP contribution is -2.29. The number of aromatic nitrogens is 1. The van der Waals surface area contributed by atoms with Gasteiger partial charge in [0.05, 0.1) is 11.0 Å². The average molecular weight is 187 g/mol. The minimum atomic E-state index is -1.29. The third-order valence-electron chi connectivity index (χ3n) is 1.04. The second-order valence-corrected chi connectivity index (χ2v) is 2.41. The molecule has 0 aliphatic heterocycles. The van der Waals surface area contributed by atoms with E-state index in [0.29, 0.717) is 5.02 Å². The number of aliphatic carboxylic acids is 1. The van der Waals surface area contributed by atoms with Crippen molar-refractivity contribution in [1.29, 1.82) is 0 Å². The van der Waals surface area contributed by atoms with Crippen LogP contribution in [0.15, 0.2) is 18.3 Å². The molecule has 4 nitrogen and oxygen atoms in total. The molecule has 0 aliphatic rings. The highest BCUT2D eigenvalue weighted by Gasteiger charge is 1.94. The van der Waals surface area contributed by atoms with Crippen LogP contribution >= 0.6 is 11.6 Å². The van der Waals surface area contributed by atoms with E-state index in [0.717, 1.165) is 0 Å². The maximum absolute atomic E-state index is 9.95. The molecule has 0 fully saturated rings. The molecule has 0 radical (unpaired) electrons. The maximum Gasteiger partial charge on any atom is 0.213 e. The van der Waals surface area contributed by atoms with Gasteiger partial charge >= 0.3 is 0 Å². The molecular weight excluding hydrogens is 182 g/mol. The van der Waals surface area contributed by atoms with Gasteiger partial charge in [0.15, 0.2) is 0 Å². The van der Waals surface area contributed by atoms with Gasteiger partial charge in [-0.25, -0.2) is 4.98 Å². The monoisotopic (exact) mass is 186 g/mol. The summed E-state index contributed by atoms with van der Waals surface area (Å²) in [5, 5.41) is 10.4. The van der Waals surface area contributed by atoms with Crippen molar-refractivity contribution < 1.29 is 14.6 Å². The molecule has 1 aromatic heterocycles. The van der Waals surface area contributed by atoms with E-state index < -0.39 is 12.6 Å². The fraction of sp³-hybridized carbons (Fsp3) is 0.143. The number of pyridine rings is 1. The quantitative estimate of drug-likeness (QED) is 0.660. The molecule has 1 rings (SSSR count). The molecule has 0 atom stereocenters. The van der Waals surface area contributed by atoms with E-state index in [9.17, 15) is 9.90 Å². The smallest absolute Gasteiger partial charge is 0.213 e. The Morgan fingerprint density at radius 2 is 2.42 bits per heavy atom. The van der Waals surface area contributed by atoms with Gasteiger partial charge < -0.3 is 14.6 Å². The second-order valence-electron chi connectivity index (χ2n) is 1.98. The summed E-state index contributed by atoms with van der Waals surface area (Å²) < 4.78 is 4.69. The Hall–Kier alpha value is -1.29. The molecule has 0 N–H and O–H groups in total. The Kier molecular flexibility index (Phi) is 2.88. The third-order valence-corrected chi connectivity index (χ3v) is 1.26. The van der Waals surface area contributed by atoms with Crippen LogP contribution in [0.4, 0.5) is 0 Å². The minimum Gasteiger partial charge on any atom is -0.546 e. The fourth-order valence-corrected chi connectivity index (χ4v) is 0.692. The van der Waals surface area contributed by atoms with Crippen molar-refractivity contribution in [2.45, 2.75) is 0 Å². The molecular formula is C7H5ClNO3-.